The van der Waals surface area contributed by atoms with Crippen molar-refractivity contribution in [2.24, 2.45) is 0 Å². The van der Waals surface area contributed by atoms with Gasteiger partial charge in [0.05, 0.1) is 0 Å². The average molecular weight is 414 g/mol. The molecule has 0 fully saturated rings. The van der Waals surface area contributed by atoms with Gasteiger partial charge in [-0.15, -0.1) is 0 Å². The fourth-order valence-corrected chi connectivity index (χ4v) is 3.86. The molecule has 0 spiro atoms. The molecule has 0 aliphatic rings. The van der Waals surface area contributed by atoms with Crippen LogP contribution in [0.2, 0.25) is 0 Å². The number of unbranched alkanes of at least 4 members (excludes halogenated alkanes) is 2. The molecule has 0 amide bonds. The molecule has 4 aromatic carbocycles. The fraction of sp³-hybridized carbons (Fsp3) is 0.200. The first-order valence-corrected chi connectivity index (χ1v) is 9.89. The summed E-state index contributed by atoms with van der Waals surface area (Å²) >= 11 is 0. The molecular formula is C25H19F5. The Morgan fingerprint density at radius 2 is 1.23 bits per heavy atom. The lowest BCUT2D eigenvalue weighted by atomic mass is 9.94. The van der Waals surface area contributed by atoms with Gasteiger partial charge in [-0.05, 0) is 64.6 Å². The topological polar surface area (TPSA) is 0 Å². The number of rotatable bonds is 5. The number of fused-ring (bicyclic) bond motifs is 3. The van der Waals surface area contributed by atoms with Crippen molar-refractivity contribution in [2.45, 2.75) is 32.6 Å². The molecule has 4 rings (SSSR count). The van der Waals surface area contributed by atoms with Crippen LogP contribution in [-0.2, 0) is 6.42 Å². The third-order valence-electron chi connectivity index (χ3n) is 5.46. The first kappa shape index (κ1) is 20.3. The van der Waals surface area contributed by atoms with Crippen molar-refractivity contribution in [2.75, 3.05) is 0 Å². The number of halogens is 5. The summed E-state index contributed by atoms with van der Waals surface area (Å²) in [7, 11) is 0. The minimum absolute atomic E-state index is 0.0882. The third-order valence-corrected chi connectivity index (χ3v) is 5.46. The molecule has 30 heavy (non-hydrogen) atoms. The predicted octanol–water partition coefficient (Wildman–Crippen LogP) is 8.09. The second-order valence-corrected chi connectivity index (χ2v) is 7.46. The Kier molecular flexibility index (Phi) is 5.46. The Balaban J connectivity index is 1.85. The van der Waals surface area contributed by atoms with Gasteiger partial charge in [-0.2, -0.15) is 0 Å². The molecule has 0 radical (unpaired) electrons. The quantitative estimate of drug-likeness (QED) is 0.134. The molecule has 0 heterocycles. The van der Waals surface area contributed by atoms with E-state index in [0.717, 1.165) is 37.5 Å². The molecule has 0 bridgehead atoms. The minimum atomic E-state index is -1.55. The molecule has 0 atom stereocenters. The van der Waals surface area contributed by atoms with Crippen molar-refractivity contribution >= 4 is 21.5 Å². The van der Waals surface area contributed by atoms with E-state index in [4.69, 9.17) is 0 Å². The van der Waals surface area contributed by atoms with Crippen molar-refractivity contribution < 1.29 is 22.0 Å². The first-order chi connectivity index (χ1) is 14.4. The smallest absolute Gasteiger partial charge is 0.194 e. The maximum absolute atomic E-state index is 15.0. The van der Waals surface area contributed by atoms with Crippen molar-refractivity contribution in [1.29, 1.82) is 0 Å². The molecule has 0 aromatic heterocycles. The van der Waals surface area contributed by atoms with Crippen molar-refractivity contribution in [3.05, 3.63) is 83.2 Å². The van der Waals surface area contributed by atoms with Gasteiger partial charge in [-0.25, -0.2) is 22.0 Å². The minimum Gasteiger partial charge on any atom is -0.206 e. The molecule has 0 aliphatic heterocycles. The van der Waals surface area contributed by atoms with Crippen LogP contribution in [0.1, 0.15) is 31.7 Å². The van der Waals surface area contributed by atoms with E-state index in [-0.39, 0.29) is 16.3 Å². The van der Waals surface area contributed by atoms with Crippen LogP contribution in [0.15, 0.2) is 48.5 Å². The highest BCUT2D eigenvalue weighted by Crippen LogP contribution is 2.34. The third kappa shape index (κ3) is 3.53. The molecule has 0 aliphatic carbocycles. The lowest BCUT2D eigenvalue weighted by molar-refractivity contribution is 0.448. The van der Waals surface area contributed by atoms with Gasteiger partial charge in [-0.1, -0.05) is 44.0 Å². The van der Waals surface area contributed by atoms with Crippen LogP contribution in [-0.4, -0.2) is 0 Å². The van der Waals surface area contributed by atoms with E-state index in [1.54, 1.807) is 24.3 Å². The Morgan fingerprint density at radius 3 is 1.93 bits per heavy atom. The Hall–Kier alpha value is -2.95. The first-order valence-electron chi connectivity index (χ1n) is 9.89. The second kappa shape index (κ2) is 8.05. The van der Waals surface area contributed by atoms with Gasteiger partial charge in [0.1, 0.15) is 11.6 Å². The summed E-state index contributed by atoms with van der Waals surface area (Å²) < 4.78 is 70.3. The van der Waals surface area contributed by atoms with Gasteiger partial charge in [0.25, 0.3) is 0 Å². The SMILES string of the molecule is CCCCCc1ccc2c(cc(F)c3cc(-c4cc(F)c(F)c(F)c4)ccc32)c1F. The number of benzene rings is 4. The molecule has 0 saturated carbocycles. The van der Waals surface area contributed by atoms with E-state index < -0.39 is 29.1 Å². The summed E-state index contributed by atoms with van der Waals surface area (Å²) in [5.74, 6) is -5.24. The van der Waals surface area contributed by atoms with Crippen LogP contribution in [0.25, 0.3) is 32.7 Å². The zero-order valence-corrected chi connectivity index (χ0v) is 16.3. The van der Waals surface area contributed by atoms with Crippen LogP contribution < -0.4 is 0 Å². The summed E-state index contributed by atoms with van der Waals surface area (Å²) in [6.45, 7) is 2.07. The lowest BCUT2D eigenvalue weighted by Gasteiger charge is -2.12. The predicted molar refractivity (Wildman–Crippen MR) is 110 cm³/mol. The van der Waals surface area contributed by atoms with Gasteiger partial charge in [0.15, 0.2) is 17.5 Å². The van der Waals surface area contributed by atoms with E-state index in [2.05, 4.69) is 6.92 Å². The van der Waals surface area contributed by atoms with E-state index in [1.165, 1.54) is 6.07 Å². The summed E-state index contributed by atoms with van der Waals surface area (Å²) in [6, 6.07) is 11.0. The molecule has 4 aromatic rings. The highest BCUT2D eigenvalue weighted by atomic mass is 19.2. The molecule has 0 nitrogen and oxygen atoms in total. The largest absolute Gasteiger partial charge is 0.206 e. The van der Waals surface area contributed by atoms with Gasteiger partial charge >= 0.3 is 0 Å². The summed E-state index contributed by atoms with van der Waals surface area (Å²) in [5, 5.41) is 1.46. The molecular weight excluding hydrogens is 395 g/mol. The van der Waals surface area contributed by atoms with Crippen LogP contribution >= 0.6 is 0 Å². The van der Waals surface area contributed by atoms with E-state index in [0.29, 0.717) is 28.3 Å². The highest BCUT2D eigenvalue weighted by Gasteiger charge is 2.16. The maximum Gasteiger partial charge on any atom is 0.194 e. The van der Waals surface area contributed by atoms with Gasteiger partial charge in [-0.3, -0.25) is 0 Å². The summed E-state index contributed by atoms with van der Waals surface area (Å²) in [4.78, 5) is 0. The van der Waals surface area contributed by atoms with E-state index in [1.807, 2.05) is 0 Å². The Morgan fingerprint density at radius 1 is 0.567 bits per heavy atom. The number of hydrogen-bond acceptors (Lipinski definition) is 0. The van der Waals surface area contributed by atoms with Crippen LogP contribution in [0.3, 0.4) is 0 Å². The molecule has 0 N–H and O–H groups in total. The standard InChI is InChI=1S/C25H19F5/c1-2-3-4-5-14-6-8-18-17-9-7-15(16-11-22(27)25(30)23(28)12-16)10-19(17)21(26)13-20(18)24(14)29/h6-13H,2-5H2,1H3. The molecule has 5 heteroatoms. The van der Waals surface area contributed by atoms with Gasteiger partial charge < -0.3 is 0 Å². The van der Waals surface area contributed by atoms with E-state index in [9.17, 15) is 22.0 Å². The normalized spacial score (nSPS) is 11.5. The lowest BCUT2D eigenvalue weighted by Crippen LogP contribution is -1.95. The number of hydrogen-bond donors (Lipinski definition) is 0. The van der Waals surface area contributed by atoms with Crippen molar-refractivity contribution in [3.63, 3.8) is 0 Å². The van der Waals surface area contributed by atoms with Crippen LogP contribution in [0, 0.1) is 29.1 Å². The Bertz CT molecular complexity index is 1240. The average Bonchev–Trinajstić information content (AvgIpc) is 2.74. The highest BCUT2D eigenvalue weighted by molar-refractivity contribution is 6.09. The van der Waals surface area contributed by atoms with Crippen LogP contribution in [0.5, 0.6) is 0 Å². The second-order valence-electron chi connectivity index (χ2n) is 7.46. The van der Waals surface area contributed by atoms with Crippen LogP contribution in [0.4, 0.5) is 22.0 Å². The zero-order chi connectivity index (χ0) is 21.4. The maximum atomic E-state index is 15.0. The number of aryl methyl sites for hydroxylation is 1. The Labute approximate surface area is 171 Å². The molecule has 0 saturated heterocycles. The molecule has 0 unspecified atom stereocenters. The van der Waals surface area contributed by atoms with Gasteiger partial charge in [0.2, 0.25) is 0 Å². The fourth-order valence-electron chi connectivity index (χ4n) is 3.86. The van der Waals surface area contributed by atoms with Crippen molar-refractivity contribution in [1.82, 2.24) is 0 Å². The summed E-state index contributed by atoms with van der Waals surface area (Å²) in [5.41, 5.74) is 0.976. The van der Waals surface area contributed by atoms with Crippen molar-refractivity contribution in [3.8, 4) is 11.1 Å². The zero-order valence-electron chi connectivity index (χ0n) is 16.3. The van der Waals surface area contributed by atoms with Gasteiger partial charge in [0, 0.05) is 10.8 Å². The summed E-state index contributed by atoms with van der Waals surface area (Å²) in [6.07, 6.45) is 3.48. The monoisotopic (exact) mass is 414 g/mol. The van der Waals surface area contributed by atoms with E-state index >= 15 is 0 Å². The molecule has 154 valence electrons.